The highest BCUT2D eigenvalue weighted by Crippen LogP contribution is 2.33. The molecule has 1 aromatic carbocycles. The Morgan fingerprint density at radius 1 is 1.31 bits per heavy atom. The summed E-state index contributed by atoms with van der Waals surface area (Å²) in [6, 6.07) is 2.44. The molecule has 0 fully saturated rings. The van der Waals surface area contributed by atoms with Crippen LogP contribution in [0.25, 0.3) is 11.0 Å². The number of halogens is 4. The van der Waals surface area contributed by atoms with Gasteiger partial charge in [-0.25, -0.2) is 14.1 Å². The van der Waals surface area contributed by atoms with E-state index in [0.717, 1.165) is 12.1 Å². The number of ether oxygens (including phenoxy) is 1. The van der Waals surface area contributed by atoms with Crippen molar-refractivity contribution in [2.75, 3.05) is 0 Å². The zero-order chi connectivity index (χ0) is 21.5. The first-order chi connectivity index (χ1) is 13.5. The van der Waals surface area contributed by atoms with Crippen molar-refractivity contribution < 1.29 is 27.4 Å². The summed E-state index contributed by atoms with van der Waals surface area (Å²) in [6.45, 7) is 4.66. The molecule has 0 radical (unpaired) electrons. The molecule has 156 valence electrons. The molecule has 0 spiro atoms. The van der Waals surface area contributed by atoms with Crippen molar-refractivity contribution in [3.05, 3.63) is 51.5 Å². The number of nitrogens with one attached hydrogen (secondary N) is 1. The molecule has 11 heteroatoms. The second-order valence-electron chi connectivity index (χ2n) is 6.83. The van der Waals surface area contributed by atoms with Gasteiger partial charge in [0.2, 0.25) is 0 Å². The minimum absolute atomic E-state index is 0.0943. The lowest BCUT2D eigenvalue weighted by atomic mass is 9.96. The highest BCUT2D eigenvalue weighted by atomic mass is 19.4. The SMILES string of the molecule is Cc1nc2c(c(CO)nn2C(c2ccc(OC(F)(F)F)c(F)c2)C(C)C)c(=O)[nH]1. The average Bonchev–Trinajstić information content (AvgIpc) is 2.94. The normalized spacial score (nSPS) is 13.3. The Labute approximate surface area is 162 Å². The van der Waals surface area contributed by atoms with Crippen molar-refractivity contribution in [3.63, 3.8) is 0 Å². The summed E-state index contributed by atoms with van der Waals surface area (Å²) in [5, 5.41) is 14.0. The lowest BCUT2D eigenvalue weighted by Gasteiger charge is -2.23. The number of aryl methyl sites for hydroxylation is 1. The number of aromatic nitrogens is 4. The van der Waals surface area contributed by atoms with Crippen molar-refractivity contribution in [3.8, 4) is 5.75 Å². The van der Waals surface area contributed by atoms with E-state index in [4.69, 9.17) is 0 Å². The smallest absolute Gasteiger partial charge is 0.403 e. The molecule has 0 aliphatic rings. The number of alkyl halides is 3. The predicted octanol–water partition coefficient (Wildman–Crippen LogP) is 3.20. The summed E-state index contributed by atoms with van der Waals surface area (Å²) in [6.07, 6.45) is -5.02. The first-order valence-corrected chi connectivity index (χ1v) is 8.66. The molecule has 0 saturated heterocycles. The van der Waals surface area contributed by atoms with Gasteiger partial charge in [-0.05, 0) is 30.5 Å². The molecule has 0 bridgehead atoms. The number of hydrogen-bond acceptors (Lipinski definition) is 5. The molecule has 7 nitrogen and oxygen atoms in total. The highest BCUT2D eigenvalue weighted by molar-refractivity contribution is 5.77. The maximum atomic E-state index is 14.3. The van der Waals surface area contributed by atoms with Gasteiger partial charge >= 0.3 is 6.36 Å². The van der Waals surface area contributed by atoms with Gasteiger partial charge in [-0.1, -0.05) is 19.9 Å². The molecule has 0 aliphatic heterocycles. The number of fused-ring (bicyclic) bond motifs is 1. The fraction of sp³-hybridized carbons (Fsp3) is 0.389. The van der Waals surface area contributed by atoms with E-state index < -0.39 is 36.1 Å². The van der Waals surface area contributed by atoms with Crippen LogP contribution in [-0.2, 0) is 6.61 Å². The third-order valence-corrected chi connectivity index (χ3v) is 4.32. The number of H-pyrrole nitrogens is 1. The summed E-state index contributed by atoms with van der Waals surface area (Å²) in [5.41, 5.74) is 0.105. The molecule has 1 unspecified atom stereocenters. The van der Waals surface area contributed by atoms with Crippen molar-refractivity contribution in [2.24, 2.45) is 5.92 Å². The number of hydrogen-bond donors (Lipinski definition) is 2. The van der Waals surface area contributed by atoms with Crippen LogP contribution in [0.3, 0.4) is 0 Å². The Balaban J connectivity index is 2.17. The minimum Gasteiger partial charge on any atom is -0.403 e. The van der Waals surface area contributed by atoms with Crippen molar-refractivity contribution in [1.82, 2.24) is 19.7 Å². The van der Waals surface area contributed by atoms with Gasteiger partial charge in [0.25, 0.3) is 5.56 Å². The molecule has 2 aromatic heterocycles. The van der Waals surface area contributed by atoms with Crippen molar-refractivity contribution in [2.45, 2.75) is 39.8 Å². The highest BCUT2D eigenvalue weighted by Gasteiger charge is 2.33. The molecule has 1 atom stereocenters. The van der Waals surface area contributed by atoms with Crippen LogP contribution in [0.2, 0.25) is 0 Å². The number of aliphatic hydroxyl groups excluding tert-OH is 1. The van der Waals surface area contributed by atoms with Gasteiger partial charge < -0.3 is 14.8 Å². The number of nitrogens with zero attached hydrogens (tertiary/aromatic N) is 3. The van der Waals surface area contributed by atoms with E-state index in [2.05, 4.69) is 19.8 Å². The molecule has 0 saturated carbocycles. The van der Waals surface area contributed by atoms with Crippen LogP contribution >= 0.6 is 0 Å². The molecule has 0 aliphatic carbocycles. The fourth-order valence-corrected chi connectivity index (χ4v) is 3.25. The quantitative estimate of drug-likeness (QED) is 0.626. The Bertz CT molecular complexity index is 1100. The van der Waals surface area contributed by atoms with Crippen LogP contribution in [0.1, 0.15) is 37.0 Å². The van der Waals surface area contributed by atoms with Crippen LogP contribution in [-0.4, -0.2) is 31.2 Å². The van der Waals surface area contributed by atoms with E-state index in [9.17, 15) is 27.5 Å². The third kappa shape index (κ3) is 4.09. The van der Waals surface area contributed by atoms with Gasteiger partial charge in [-0.15, -0.1) is 13.2 Å². The molecule has 3 aromatic rings. The Kier molecular flexibility index (Phi) is 5.35. The summed E-state index contributed by atoms with van der Waals surface area (Å²) < 4.78 is 56.5. The molecular weight excluding hydrogens is 396 g/mol. The average molecular weight is 414 g/mol. The largest absolute Gasteiger partial charge is 0.573 e. The van der Waals surface area contributed by atoms with Crippen molar-refractivity contribution >= 4 is 11.0 Å². The number of rotatable bonds is 5. The van der Waals surface area contributed by atoms with Gasteiger partial charge in [-0.3, -0.25) is 4.79 Å². The topological polar surface area (TPSA) is 93.0 Å². The molecule has 2 N–H and O–H groups in total. The van der Waals surface area contributed by atoms with Gasteiger partial charge in [0.15, 0.2) is 17.2 Å². The van der Waals surface area contributed by atoms with E-state index >= 15 is 0 Å². The molecule has 29 heavy (non-hydrogen) atoms. The van der Waals surface area contributed by atoms with E-state index in [1.54, 1.807) is 20.8 Å². The predicted molar refractivity (Wildman–Crippen MR) is 94.9 cm³/mol. The number of benzene rings is 1. The maximum absolute atomic E-state index is 14.3. The molecular formula is C18H18F4N4O3. The monoisotopic (exact) mass is 414 g/mol. The molecule has 2 heterocycles. The molecule has 0 amide bonds. The Hall–Kier alpha value is -2.95. The second kappa shape index (κ2) is 7.47. The summed E-state index contributed by atoms with van der Waals surface area (Å²) in [7, 11) is 0. The van der Waals surface area contributed by atoms with Gasteiger partial charge in [0.1, 0.15) is 16.9 Å². The van der Waals surface area contributed by atoms with Gasteiger partial charge in [0.05, 0.1) is 12.6 Å². The third-order valence-electron chi connectivity index (χ3n) is 4.32. The van der Waals surface area contributed by atoms with E-state index in [1.807, 2.05) is 0 Å². The summed E-state index contributed by atoms with van der Waals surface area (Å²) in [4.78, 5) is 19.1. The second-order valence-corrected chi connectivity index (χ2v) is 6.83. The van der Waals surface area contributed by atoms with Crippen LogP contribution in [0.5, 0.6) is 5.75 Å². The standard InChI is InChI=1S/C18H18F4N4O3/c1-8(2)15(10-4-5-13(11(19)6-10)29-18(20,21)22)26-16-14(12(7-27)25-26)17(28)24-9(3)23-16/h4-6,8,15,27H,7H2,1-3H3,(H,23,24,28). The van der Waals surface area contributed by atoms with Crippen molar-refractivity contribution in [1.29, 1.82) is 0 Å². The lowest BCUT2D eigenvalue weighted by molar-refractivity contribution is -0.275. The molecule has 3 rings (SSSR count). The van der Waals surface area contributed by atoms with Crippen LogP contribution < -0.4 is 10.3 Å². The Morgan fingerprint density at radius 2 is 2.00 bits per heavy atom. The Morgan fingerprint density at radius 3 is 2.55 bits per heavy atom. The van der Waals surface area contributed by atoms with E-state index in [1.165, 1.54) is 10.7 Å². The van der Waals surface area contributed by atoms with E-state index in [0.29, 0.717) is 11.4 Å². The fourth-order valence-electron chi connectivity index (χ4n) is 3.25. The lowest BCUT2D eigenvalue weighted by Crippen LogP contribution is -2.21. The van der Waals surface area contributed by atoms with Crippen LogP contribution in [0, 0.1) is 18.7 Å². The first-order valence-electron chi connectivity index (χ1n) is 8.66. The summed E-state index contributed by atoms with van der Waals surface area (Å²) >= 11 is 0. The number of aromatic amines is 1. The maximum Gasteiger partial charge on any atom is 0.573 e. The zero-order valence-electron chi connectivity index (χ0n) is 15.7. The summed E-state index contributed by atoms with van der Waals surface area (Å²) in [5.74, 6) is -2.03. The van der Waals surface area contributed by atoms with Crippen LogP contribution in [0.15, 0.2) is 23.0 Å². The van der Waals surface area contributed by atoms with Gasteiger partial charge in [0, 0.05) is 0 Å². The number of aliphatic hydroxyl groups is 1. The first kappa shape index (κ1) is 20.8. The zero-order valence-corrected chi connectivity index (χ0v) is 15.7. The minimum atomic E-state index is -5.02. The van der Waals surface area contributed by atoms with E-state index in [-0.39, 0.29) is 22.6 Å². The van der Waals surface area contributed by atoms with Gasteiger partial charge in [-0.2, -0.15) is 5.10 Å². The van der Waals surface area contributed by atoms with Crippen LogP contribution in [0.4, 0.5) is 17.6 Å².